The van der Waals surface area contributed by atoms with Gasteiger partial charge in [0, 0.05) is 22.4 Å². The molecule has 1 unspecified atom stereocenters. The van der Waals surface area contributed by atoms with E-state index < -0.39 is 0 Å². The van der Waals surface area contributed by atoms with Crippen LogP contribution in [0.1, 0.15) is 24.1 Å². The van der Waals surface area contributed by atoms with Crippen LogP contribution in [0.4, 0.5) is 0 Å². The summed E-state index contributed by atoms with van der Waals surface area (Å²) in [5, 5.41) is 3.33. The molecule has 19 heavy (non-hydrogen) atoms. The molecule has 2 aromatic rings. The summed E-state index contributed by atoms with van der Waals surface area (Å²) < 4.78 is 6.76. The van der Waals surface area contributed by atoms with Crippen LogP contribution >= 0.6 is 15.9 Å². The topological polar surface area (TPSA) is 34.1 Å². The Morgan fingerprint density at radius 1 is 1.26 bits per heavy atom. The van der Waals surface area contributed by atoms with E-state index in [0.29, 0.717) is 6.61 Å². The number of nitrogens with one attached hydrogen (secondary N) is 1. The molecule has 0 saturated heterocycles. The van der Waals surface area contributed by atoms with Gasteiger partial charge in [-0.1, -0.05) is 15.9 Å². The van der Waals surface area contributed by atoms with Crippen molar-refractivity contribution in [1.29, 1.82) is 0 Å². The highest BCUT2D eigenvalue weighted by Gasteiger charge is 2.17. The van der Waals surface area contributed by atoms with Gasteiger partial charge in [0.1, 0.15) is 5.75 Å². The van der Waals surface area contributed by atoms with Gasteiger partial charge in [0.05, 0.1) is 12.6 Å². The molecule has 1 heterocycles. The molecule has 1 aromatic carbocycles. The third-order valence-electron chi connectivity index (χ3n) is 2.91. The summed E-state index contributed by atoms with van der Waals surface area (Å²) in [7, 11) is 1.95. The Balaban J connectivity index is 2.45. The molecule has 1 aromatic heterocycles. The van der Waals surface area contributed by atoms with Gasteiger partial charge < -0.3 is 10.1 Å². The summed E-state index contributed by atoms with van der Waals surface area (Å²) in [5.41, 5.74) is 2.28. The van der Waals surface area contributed by atoms with Crippen molar-refractivity contribution in [2.45, 2.75) is 13.0 Å². The lowest BCUT2D eigenvalue weighted by molar-refractivity contribution is 0.334. The number of rotatable bonds is 5. The number of aromatic nitrogens is 1. The fraction of sp³-hybridized carbons (Fsp3) is 0.267. The molecule has 0 fully saturated rings. The first kappa shape index (κ1) is 14.0. The van der Waals surface area contributed by atoms with Gasteiger partial charge in [-0.15, -0.1) is 0 Å². The van der Waals surface area contributed by atoms with Crippen LogP contribution in [-0.2, 0) is 0 Å². The summed E-state index contributed by atoms with van der Waals surface area (Å²) in [4.78, 5) is 4.06. The summed E-state index contributed by atoms with van der Waals surface area (Å²) in [5.74, 6) is 0.905. The monoisotopic (exact) mass is 320 g/mol. The molecule has 3 nitrogen and oxygen atoms in total. The van der Waals surface area contributed by atoms with Crippen LogP contribution in [0, 0.1) is 0 Å². The molecule has 0 radical (unpaired) electrons. The van der Waals surface area contributed by atoms with E-state index in [4.69, 9.17) is 4.74 Å². The maximum absolute atomic E-state index is 5.72. The predicted molar refractivity (Wildman–Crippen MR) is 80.5 cm³/mol. The fourth-order valence-electron chi connectivity index (χ4n) is 2.09. The van der Waals surface area contributed by atoms with Crippen LogP contribution in [0.25, 0.3) is 0 Å². The van der Waals surface area contributed by atoms with E-state index in [2.05, 4.69) is 32.3 Å². The predicted octanol–water partition coefficient (Wildman–Crippen LogP) is 3.55. The molecule has 0 bridgehead atoms. The summed E-state index contributed by atoms with van der Waals surface area (Å²) in [6.45, 7) is 2.65. The average Bonchev–Trinajstić information content (AvgIpc) is 2.44. The van der Waals surface area contributed by atoms with E-state index in [9.17, 15) is 0 Å². The van der Waals surface area contributed by atoms with E-state index in [-0.39, 0.29) is 6.04 Å². The number of benzene rings is 1. The Labute approximate surface area is 122 Å². The minimum Gasteiger partial charge on any atom is -0.494 e. The highest BCUT2D eigenvalue weighted by atomic mass is 79.9. The Morgan fingerprint density at radius 3 is 2.63 bits per heavy atom. The van der Waals surface area contributed by atoms with Crippen LogP contribution < -0.4 is 10.1 Å². The Bertz CT molecular complexity index is 531. The molecule has 0 spiro atoms. The molecule has 4 heteroatoms. The summed E-state index contributed by atoms with van der Waals surface area (Å²) in [6.07, 6.45) is 3.61. The Hall–Kier alpha value is -1.39. The molecule has 0 aliphatic rings. The highest BCUT2D eigenvalue weighted by molar-refractivity contribution is 9.10. The maximum Gasteiger partial charge on any atom is 0.124 e. The van der Waals surface area contributed by atoms with Crippen LogP contribution in [0.5, 0.6) is 5.75 Å². The van der Waals surface area contributed by atoms with Gasteiger partial charge in [-0.3, -0.25) is 4.98 Å². The van der Waals surface area contributed by atoms with Crippen molar-refractivity contribution < 1.29 is 4.74 Å². The number of pyridine rings is 1. The van der Waals surface area contributed by atoms with Gasteiger partial charge in [0.25, 0.3) is 0 Å². The minimum absolute atomic E-state index is 0.0852. The zero-order valence-electron chi connectivity index (χ0n) is 11.1. The molecular weight excluding hydrogens is 304 g/mol. The van der Waals surface area contributed by atoms with Crippen LogP contribution in [0.15, 0.2) is 47.2 Å². The van der Waals surface area contributed by atoms with Gasteiger partial charge in [0.15, 0.2) is 0 Å². The largest absolute Gasteiger partial charge is 0.494 e. The number of hydrogen-bond acceptors (Lipinski definition) is 3. The third-order valence-corrected chi connectivity index (χ3v) is 3.40. The van der Waals surface area contributed by atoms with E-state index in [1.54, 1.807) is 12.4 Å². The zero-order chi connectivity index (χ0) is 13.7. The van der Waals surface area contributed by atoms with Crippen molar-refractivity contribution in [3.63, 3.8) is 0 Å². The van der Waals surface area contributed by atoms with Gasteiger partial charge in [-0.25, -0.2) is 0 Å². The van der Waals surface area contributed by atoms with Gasteiger partial charge in [-0.05, 0) is 49.9 Å². The first-order valence-electron chi connectivity index (χ1n) is 6.25. The molecule has 0 amide bonds. The van der Waals surface area contributed by atoms with E-state index >= 15 is 0 Å². The SMILES string of the molecule is CCOc1ccc(Br)cc1C(NC)c1ccncc1. The van der Waals surface area contributed by atoms with E-state index in [1.807, 2.05) is 38.2 Å². The van der Waals surface area contributed by atoms with E-state index in [0.717, 1.165) is 21.3 Å². The summed E-state index contributed by atoms with van der Waals surface area (Å²) in [6, 6.07) is 10.2. The Morgan fingerprint density at radius 2 is 2.00 bits per heavy atom. The summed E-state index contributed by atoms with van der Waals surface area (Å²) >= 11 is 3.52. The average molecular weight is 321 g/mol. The zero-order valence-corrected chi connectivity index (χ0v) is 12.6. The van der Waals surface area contributed by atoms with Crippen LogP contribution in [0.3, 0.4) is 0 Å². The maximum atomic E-state index is 5.72. The standard InChI is InChI=1S/C15H17BrN2O/c1-3-19-14-5-4-12(16)10-13(14)15(17-2)11-6-8-18-9-7-11/h4-10,15,17H,3H2,1-2H3. The van der Waals surface area contributed by atoms with Crippen molar-refractivity contribution in [3.8, 4) is 5.75 Å². The minimum atomic E-state index is 0.0852. The lowest BCUT2D eigenvalue weighted by Gasteiger charge is -2.20. The van der Waals surface area contributed by atoms with Crippen LogP contribution in [-0.4, -0.2) is 18.6 Å². The first-order valence-corrected chi connectivity index (χ1v) is 7.05. The van der Waals surface area contributed by atoms with Crippen molar-refractivity contribution in [2.24, 2.45) is 0 Å². The van der Waals surface area contributed by atoms with Crippen molar-refractivity contribution in [3.05, 3.63) is 58.3 Å². The van der Waals surface area contributed by atoms with Crippen molar-refractivity contribution in [2.75, 3.05) is 13.7 Å². The molecule has 0 aliphatic carbocycles. The van der Waals surface area contributed by atoms with Gasteiger partial charge >= 0.3 is 0 Å². The number of ether oxygens (including phenoxy) is 1. The van der Waals surface area contributed by atoms with Gasteiger partial charge in [0.2, 0.25) is 0 Å². The molecule has 2 rings (SSSR count). The Kier molecular flexibility index (Phi) is 4.93. The third kappa shape index (κ3) is 3.33. The number of halogens is 1. The smallest absolute Gasteiger partial charge is 0.124 e. The quantitative estimate of drug-likeness (QED) is 0.914. The van der Waals surface area contributed by atoms with E-state index in [1.165, 1.54) is 0 Å². The molecule has 1 N–H and O–H groups in total. The molecule has 0 saturated carbocycles. The van der Waals surface area contributed by atoms with Crippen molar-refractivity contribution in [1.82, 2.24) is 10.3 Å². The molecule has 0 aliphatic heterocycles. The van der Waals surface area contributed by atoms with Crippen LogP contribution in [0.2, 0.25) is 0 Å². The molecule has 100 valence electrons. The normalized spacial score (nSPS) is 12.2. The fourth-order valence-corrected chi connectivity index (χ4v) is 2.47. The second-order valence-corrected chi connectivity index (χ2v) is 5.03. The second kappa shape index (κ2) is 6.68. The number of nitrogens with zero attached hydrogens (tertiary/aromatic N) is 1. The van der Waals surface area contributed by atoms with Crippen molar-refractivity contribution >= 4 is 15.9 Å². The highest BCUT2D eigenvalue weighted by Crippen LogP contribution is 2.32. The first-order chi connectivity index (χ1) is 9.26. The second-order valence-electron chi connectivity index (χ2n) is 4.12. The lowest BCUT2D eigenvalue weighted by Crippen LogP contribution is -2.18. The van der Waals surface area contributed by atoms with Gasteiger partial charge in [-0.2, -0.15) is 0 Å². The lowest BCUT2D eigenvalue weighted by atomic mass is 9.99. The number of hydrogen-bond donors (Lipinski definition) is 1. The molecular formula is C15H17BrN2O. The molecule has 1 atom stereocenters.